The van der Waals surface area contributed by atoms with Crippen molar-refractivity contribution in [3.8, 4) is 0 Å². The van der Waals surface area contributed by atoms with Crippen LogP contribution >= 0.6 is 34.5 Å². The SMILES string of the molecule is O=C(c1cc(S(=O)(=O)NC2CC2)c(Cl)cc1Cl)N1CCCN(c2nccs2)CC1. The highest BCUT2D eigenvalue weighted by Gasteiger charge is 2.31. The smallest absolute Gasteiger partial charge is 0.255 e. The summed E-state index contributed by atoms with van der Waals surface area (Å²) in [5.41, 5.74) is 0.148. The van der Waals surface area contributed by atoms with E-state index in [0.717, 1.165) is 30.9 Å². The molecule has 1 aliphatic heterocycles. The van der Waals surface area contributed by atoms with Crippen LogP contribution in [-0.4, -0.2) is 56.4 Å². The molecule has 1 aliphatic carbocycles. The third-order valence-electron chi connectivity index (χ3n) is 4.91. The van der Waals surface area contributed by atoms with E-state index in [4.69, 9.17) is 23.2 Å². The van der Waals surface area contributed by atoms with Crippen molar-refractivity contribution in [2.75, 3.05) is 31.1 Å². The minimum absolute atomic E-state index is 0.00510. The first-order valence-electron chi connectivity index (χ1n) is 9.30. The van der Waals surface area contributed by atoms with Crippen molar-refractivity contribution in [2.24, 2.45) is 0 Å². The van der Waals surface area contributed by atoms with E-state index < -0.39 is 10.0 Å². The zero-order chi connectivity index (χ0) is 20.6. The molecule has 11 heteroatoms. The largest absolute Gasteiger partial charge is 0.346 e. The summed E-state index contributed by atoms with van der Waals surface area (Å²) in [5, 5.41) is 3.01. The molecule has 0 radical (unpaired) electrons. The maximum absolute atomic E-state index is 13.1. The molecule has 1 N–H and O–H groups in total. The van der Waals surface area contributed by atoms with Crippen molar-refractivity contribution < 1.29 is 13.2 Å². The number of nitrogens with one attached hydrogen (secondary N) is 1. The zero-order valence-electron chi connectivity index (χ0n) is 15.5. The minimum Gasteiger partial charge on any atom is -0.346 e. The van der Waals surface area contributed by atoms with Gasteiger partial charge in [0.05, 0.1) is 15.6 Å². The maximum atomic E-state index is 13.1. The topological polar surface area (TPSA) is 82.6 Å². The third-order valence-corrected chi connectivity index (χ3v) is 8.04. The van der Waals surface area contributed by atoms with E-state index in [1.165, 1.54) is 12.1 Å². The second-order valence-electron chi connectivity index (χ2n) is 7.11. The summed E-state index contributed by atoms with van der Waals surface area (Å²) in [4.78, 5) is 21.2. The number of aromatic nitrogens is 1. The highest BCUT2D eigenvalue weighted by Crippen LogP contribution is 2.31. The van der Waals surface area contributed by atoms with Crippen LogP contribution in [0.15, 0.2) is 28.6 Å². The summed E-state index contributed by atoms with van der Waals surface area (Å²) in [7, 11) is -3.80. The van der Waals surface area contributed by atoms with Gasteiger partial charge in [-0.1, -0.05) is 23.2 Å². The van der Waals surface area contributed by atoms with Gasteiger partial charge in [0, 0.05) is 43.8 Å². The Bertz CT molecular complexity index is 1010. The van der Waals surface area contributed by atoms with E-state index in [0.29, 0.717) is 19.6 Å². The molecule has 2 heterocycles. The fraction of sp³-hybridized carbons (Fsp3) is 0.444. The van der Waals surface area contributed by atoms with E-state index >= 15 is 0 Å². The van der Waals surface area contributed by atoms with Crippen molar-refractivity contribution in [1.82, 2.24) is 14.6 Å². The highest BCUT2D eigenvalue weighted by atomic mass is 35.5. The van der Waals surface area contributed by atoms with Crippen LogP contribution in [0.2, 0.25) is 10.0 Å². The van der Waals surface area contributed by atoms with E-state index in [2.05, 4.69) is 14.6 Å². The van der Waals surface area contributed by atoms with Crippen LogP contribution in [0.1, 0.15) is 29.6 Å². The Morgan fingerprint density at radius 2 is 1.93 bits per heavy atom. The number of benzene rings is 1. The number of carbonyl (C=O) groups is 1. The van der Waals surface area contributed by atoms with Gasteiger partial charge in [-0.05, 0) is 31.4 Å². The Balaban J connectivity index is 1.55. The van der Waals surface area contributed by atoms with Crippen LogP contribution in [0.25, 0.3) is 0 Å². The molecule has 1 amide bonds. The van der Waals surface area contributed by atoms with Crippen molar-refractivity contribution in [3.05, 3.63) is 39.3 Å². The van der Waals surface area contributed by atoms with E-state index in [-0.39, 0.29) is 32.5 Å². The predicted molar refractivity (Wildman–Crippen MR) is 115 cm³/mol. The lowest BCUT2D eigenvalue weighted by atomic mass is 10.2. The normalized spacial score (nSPS) is 18.0. The molecule has 1 aromatic heterocycles. The molecule has 1 saturated heterocycles. The van der Waals surface area contributed by atoms with E-state index in [1.807, 2.05) is 5.38 Å². The van der Waals surface area contributed by atoms with Crippen molar-refractivity contribution in [3.63, 3.8) is 0 Å². The van der Waals surface area contributed by atoms with Gasteiger partial charge in [0.2, 0.25) is 10.0 Å². The number of thiazole rings is 1. The summed E-state index contributed by atoms with van der Waals surface area (Å²) in [5.74, 6) is -0.296. The number of halogens is 2. The van der Waals surface area contributed by atoms with E-state index in [1.54, 1.807) is 22.4 Å². The molecule has 0 bridgehead atoms. The number of hydrogen-bond donors (Lipinski definition) is 1. The average Bonchev–Trinajstić information content (AvgIpc) is 3.37. The molecule has 1 aromatic carbocycles. The lowest BCUT2D eigenvalue weighted by Gasteiger charge is -2.22. The molecular weight excluding hydrogens is 455 g/mol. The van der Waals surface area contributed by atoms with Crippen LogP contribution in [0.3, 0.4) is 0 Å². The first-order chi connectivity index (χ1) is 13.8. The van der Waals surface area contributed by atoms with Crippen molar-refractivity contribution in [2.45, 2.75) is 30.2 Å². The number of hydrogen-bond acceptors (Lipinski definition) is 6. The van der Waals surface area contributed by atoms with Gasteiger partial charge in [0.15, 0.2) is 5.13 Å². The van der Waals surface area contributed by atoms with Crippen LogP contribution in [0.4, 0.5) is 5.13 Å². The molecule has 156 valence electrons. The molecule has 0 unspecified atom stereocenters. The Morgan fingerprint density at radius 1 is 1.14 bits per heavy atom. The number of carbonyl (C=O) groups excluding carboxylic acids is 1. The number of amides is 1. The summed E-state index contributed by atoms with van der Waals surface area (Å²) in [6.45, 7) is 2.51. The first kappa shape index (κ1) is 20.9. The molecule has 0 atom stereocenters. The highest BCUT2D eigenvalue weighted by molar-refractivity contribution is 7.89. The Hall–Kier alpha value is -1.39. The third kappa shape index (κ3) is 4.69. The first-order valence-corrected chi connectivity index (χ1v) is 12.4. The Kier molecular flexibility index (Phi) is 6.04. The van der Waals surface area contributed by atoms with Gasteiger partial charge >= 0.3 is 0 Å². The zero-order valence-corrected chi connectivity index (χ0v) is 18.6. The van der Waals surface area contributed by atoms with E-state index in [9.17, 15) is 13.2 Å². The summed E-state index contributed by atoms with van der Waals surface area (Å²) < 4.78 is 27.8. The fourth-order valence-corrected chi connectivity index (χ4v) is 6.09. The maximum Gasteiger partial charge on any atom is 0.255 e. The second kappa shape index (κ2) is 8.39. The van der Waals surface area contributed by atoms with Gasteiger partial charge in [0.25, 0.3) is 5.91 Å². The molecule has 1 saturated carbocycles. The molecule has 29 heavy (non-hydrogen) atoms. The van der Waals surface area contributed by atoms with Crippen LogP contribution in [-0.2, 0) is 10.0 Å². The standard InChI is InChI=1S/C18H20Cl2N4O3S2/c19-14-11-15(20)16(29(26,27)22-12-2-3-12)10-13(14)17(25)23-5-1-6-24(8-7-23)18-21-4-9-28-18/h4,9-12,22H,1-3,5-8H2. The molecular formula is C18H20Cl2N4O3S2. The molecule has 2 aromatic rings. The van der Waals surface area contributed by atoms with Gasteiger partial charge in [-0.3, -0.25) is 4.79 Å². The van der Waals surface area contributed by atoms with Crippen LogP contribution in [0.5, 0.6) is 0 Å². The molecule has 2 fully saturated rings. The lowest BCUT2D eigenvalue weighted by molar-refractivity contribution is 0.0767. The van der Waals surface area contributed by atoms with Gasteiger partial charge in [-0.25, -0.2) is 18.1 Å². The van der Waals surface area contributed by atoms with Crippen LogP contribution in [0, 0.1) is 0 Å². The molecule has 0 spiro atoms. The Labute approximate surface area is 183 Å². The van der Waals surface area contributed by atoms with Crippen molar-refractivity contribution in [1.29, 1.82) is 0 Å². The van der Waals surface area contributed by atoms with Gasteiger partial charge in [0.1, 0.15) is 4.90 Å². The second-order valence-corrected chi connectivity index (χ2v) is 10.5. The lowest BCUT2D eigenvalue weighted by Crippen LogP contribution is -2.35. The summed E-state index contributed by atoms with van der Waals surface area (Å²) in [6, 6.07) is 2.56. The molecule has 7 nitrogen and oxygen atoms in total. The fourth-order valence-electron chi connectivity index (χ4n) is 3.24. The Morgan fingerprint density at radius 3 is 2.62 bits per heavy atom. The number of sulfonamides is 1. The molecule has 4 rings (SSSR count). The van der Waals surface area contributed by atoms with Crippen molar-refractivity contribution >= 4 is 55.6 Å². The van der Waals surface area contributed by atoms with Crippen LogP contribution < -0.4 is 9.62 Å². The average molecular weight is 475 g/mol. The van der Waals surface area contributed by atoms with Gasteiger partial charge < -0.3 is 9.80 Å². The minimum atomic E-state index is -3.80. The summed E-state index contributed by atoms with van der Waals surface area (Å²) >= 11 is 14.0. The quantitative estimate of drug-likeness (QED) is 0.718. The van der Waals surface area contributed by atoms with Gasteiger partial charge in [-0.15, -0.1) is 11.3 Å². The number of nitrogens with zero attached hydrogens (tertiary/aromatic N) is 3. The monoisotopic (exact) mass is 474 g/mol. The van der Waals surface area contributed by atoms with Gasteiger partial charge in [-0.2, -0.15) is 0 Å². The number of anilines is 1. The molecule has 2 aliphatic rings. The predicted octanol–water partition coefficient (Wildman–Crippen LogP) is 3.24. The summed E-state index contributed by atoms with van der Waals surface area (Å²) in [6.07, 6.45) is 4.16. The number of rotatable bonds is 5.